The molecule has 5 heteroatoms. The Balaban J connectivity index is 2.63. The molecular formula is C12H20N3O2+. The monoisotopic (exact) mass is 238 g/mol. The van der Waals surface area contributed by atoms with E-state index in [9.17, 15) is 9.90 Å². The SMILES string of the molecule is C[C@@H]([C@H](O)c1ccccc1)[NH+](C)CC(=O)NN. The van der Waals surface area contributed by atoms with Crippen LogP contribution in [-0.4, -0.2) is 30.6 Å². The number of quaternary nitrogens is 1. The number of carbonyl (C=O) groups is 1. The van der Waals surface area contributed by atoms with Crippen molar-refractivity contribution in [3.8, 4) is 0 Å². The van der Waals surface area contributed by atoms with E-state index in [-0.39, 0.29) is 18.5 Å². The zero-order chi connectivity index (χ0) is 12.8. The fourth-order valence-electron chi connectivity index (χ4n) is 1.67. The molecule has 1 amide bonds. The van der Waals surface area contributed by atoms with E-state index < -0.39 is 6.10 Å². The Labute approximate surface area is 101 Å². The minimum atomic E-state index is -0.596. The van der Waals surface area contributed by atoms with Crippen LogP contribution < -0.4 is 16.2 Å². The fourth-order valence-corrected chi connectivity index (χ4v) is 1.67. The first kappa shape index (κ1) is 13.6. The van der Waals surface area contributed by atoms with Crippen LogP contribution in [0.2, 0.25) is 0 Å². The van der Waals surface area contributed by atoms with Crippen LogP contribution in [0.3, 0.4) is 0 Å². The number of aliphatic hydroxyl groups is 1. The highest BCUT2D eigenvalue weighted by Crippen LogP contribution is 2.13. The molecule has 5 nitrogen and oxygen atoms in total. The Kier molecular flexibility index (Phi) is 5.09. The normalized spacial score (nSPS) is 16.0. The van der Waals surface area contributed by atoms with Crippen LogP contribution in [0.4, 0.5) is 0 Å². The van der Waals surface area contributed by atoms with Gasteiger partial charge < -0.3 is 10.0 Å². The largest absolute Gasteiger partial charge is 0.382 e. The first-order valence-corrected chi connectivity index (χ1v) is 5.61. The van der Waals surface area contributed by atoms with Gasteiger partial charge in [-0.25, -0.2) is 5.84 Å². The van der Waals surface area contributed by atoms with Gasteiger partial charge in [0.05, 0.1) is 7.05 Å². The van der Waals surface area contributed by atoms with Crippen LogP contribution in [-0.2, 0) is 4.79 Å². The minimum Gasteiger partial charge on any atom is -0.382 e. The molecule has 1 unspecified atom stereocenters. The van der Waals surface area contributed by atoms with E-state index in [0.717, 1.165) is 10.5 Å². The zero-order valence-corrected chi connectivity index (χ0v) is 10.2. The summed E-state index contributed by atoms with van der Waals surface area (Å²) in [6, 6.07) is 9.32. The Morgan fingerprint density at radius 3 is 2.59 bits per heavy atom. The molecule has 1 aromatic rings. The van der Waals surface area contributed by atoms with Crippen molar-refractivity contribution in [2.45, 2.75) is 19.1 Å². The number of rotatable bonds is 5. The molecule has 3 atom stereocenters. The topological polar surface area (TPSA) is 79.8 Å². The number of carbonyl (C=O) groups excluding carboxylic acids is 1. The molecule has 5 N–H and O–H groups in total. The van der Waals surface area contributed by atoms with Crippen LogP contribution in [0.5, 0.6) is 0 Å². The lowest BCUT2D eigenvalue weighted by Gasteiger charge is -2.25. The number of aliphatic hydroxyl groups excluding tert-OH is 1. The number of nitrogens with two attached hydrogens (primary N) is 1. The highest BCUT2D eigenvalue weighted by Gasteiger charge is 2.25. The molecule has 0 heterocycles. The highest BCUT2D eigenvalue weighted by molar-refractivity contribution is 5.76. The van der Waals surface area contributed by atoms with Crippen LogP contribution in [0, 0.1) is 0 Å². The number of amides is 1. The van der Waals surface area contributed by atoms with Gasteiger partial charge in [0.2, 0.25) is 0 Å². The maximum absolute atomic E-state index is 11.1. The molecule has 0 saturated heterocycles. The molecule has 17 heavy (non-hydrogen) atoms. The number of hydrogen-bond acceptors (Lipinski definition) is 3. The minimum absolute atomic E-state index is 0.0882. The quantitative estimate of drug-likeness (QED) is 0.290. The van der Waals surface area contributed by atoms with Gasteiger partial charge in [0.15, 0.2) is 6.54 Å². The summed E-state index contributed by atoms with van der Waals surface area (Å²) in [6.45, 7) is 2.14. The molecule has 94 valence electrons. The first-order chi connectivity index (χ1) is 8.06. The van der Waals surface area contributed by atoms with Crippen molar-refractivity contribution in [2.24, 2.45) is 5.84 Å². The van der Waals surface area contributed by atoms with E-state index in [2.05, 4.69) is 5.43 Å². The summed E-state index contributed by atoms with van der Waals surface area (Å²) < 4.78 is 0. The van der Waals surface area contributed by atoms with E-state index >= 15 is 0 Å². The predicted octanol–water partition coefficient (Wildman–Crippen LogP) is -1.39. The predicted molar refractivity (Wildman–Crippen MR) is 64.9 cm³/mol. The molecule has 0 aromatic heterocycles. The number of hydrazine groups is 1. The first-order valence-electron chi connectivity index (χ1n) is 5.61. The van der Waals surface area contributed by atoms with Gasteiger partial charge in [0, 0.05) is 0 Å². The van der Waals surface area contributed by atoms with Gasteiger partial charge in [-0.3, -0.25) is 10.2 Å². The van der Waals surface area contributed by atoms with Gasteiger partial charge in [0.25, 0.3) is 5.91 Å². The average molecular weight is 238 g/mol. The molecule has 0 saturated carbocycles. The molecule has 1 aromatic carbocycles. The Morgan fingerprint density at radius 1 is 1.47 bits per heavy atom. The van der Waals surface area contributed by atoms with Crippen molar-refractivity contribution in [1.82, 2.24) is 5.43 Å². The van der Waals surface area contributed by atoms with E-state index in [0.29, 0.717) is 0 Å². The third-order valence-electron chi connectivity index (χ3n) is 2.99. The second kappa shape index (κ2) is 6.34. The van der Waals surface area contributed by atoms with E-state index in [1.165, 1.54) is 0 Å². The maximum Gasteiger partial charge on any atom is 0.289 e. The van der Waals surface area contributed by atoms with Gasteiger partial charge in [-0.15, -0.1) is 0 Å². The van der Waals surface area contributed by atoms with Crippen molar-refractivity contribution in [1.29, 1.82) is 0 Å². The molecule has 0 radical (unpaired) electrons. The standard InChI is InChI=1S/C12H19N3O2/c1-9(15(2)8-11(16)14-13)12(17)10-6-4-3-5-7-10/h3-7,9,12,17H,8,13H2,1-2H3,(H,14,16)/p+1/t9-,12-/m0/s1. The van der Waals surface area contributed by atoms with Crippen LogP contribution in [0.15, 0.2) is 30.3 Å². The molecule has 0 fully saturated rings. The summed E-state index contributed by atoms with van der Waals surface area (Å²) in [6.07, 6.45) is -0.596. The zero-order valence-electron chi connectivity index (χ0n) is 10.2. The lowest BCUT2D eigenvalue weighted by molar-refractivity contribution is -0.900. The molecule has 0 spiro atoms. The third kappa shape index (κ3) is 3.81. The van der Waals surface area contributed by atoms with Crippen molar-refractivity contribution in [3.63, 3.8) is 0 Å². The maximum atomic E-state index is 11.1. The highest BCUT2D eigenvalue weighted by atomic mass is 16.3. The lowest BCUT2D eigenvalue weighted by Crippen LogP contribution is -3.14. The molecule has 0 aliphatic heterocycles. The van der Waals surface area contributed by atoms with Crippen molar-refractivity contribution >= 4 is 5.91 Å². The summed E-state index contributed by atoms with van der Waals surface area (Å²) in [5.41, 5.74) is 2.94. The van der Waals surface area contributed by atoms with Crippen LogP contribution in [0.25, 0.3) is 0 Å². The van der Waals surface area contributed by atoms with Crippen molar-refractivity contribution in [2.75, 3.05) is 13.6 Å². The van der Waals surface area contributed by atoms with Crippen molar-refractivity contribution in [3.05, 3.63) is 35.9 Å². The smallest absolute Gasteiger partial charge is 0.289 e. The number of likely N-dealkylation sites (N-methyl/N-ethyl adjacent to an activating group) is 1. The van der Waals surface area contributed by atoms with E-state index in [1.807, 2.05) is 44.3 Å². The molecular weight excluding hydrogens is 218 g/mol. The fraction of sp³-hybridized carbons (Fsp3) is 0.417. The summed E-state index contributed by atoms with van der Waals surface area (Å²) >= 11 is 0. The Bertz CT molecular complexity index is 356. The second-order valence-corrected chi connectivity index (χ2v) is 4.23. The molecule has 0 aliphatic carbocycles. The Hall–Kier alpha value is -1.43. The second-order valence-electron chi connectivity index (χ2n) is 4.23. The van der Waals surface area contributed by atoms with E-state index in [1.54, 1.807) is 0 Å². The Morgan fingerprint density at radius 2 is 2.06 bits per heavy atom. The molecule has 0 bridgehead atoms. The molecule has 1 rings (SSSR count). The van der Waals surface area contributed by atoms with Gasteiger partial charge >= 0.3 is 0 Å². The van der Waals surface area contributed by atoms with Gasteiger partial charge in [-0.05, 0) is 12.5 Å². The average Bonchev–Trinajstić information content (AvgIpc) is 2.37. The van der Waals surface area contributed by atoms with Crippen molar-refractivity contribution < 1.29 is 14.8 Å². The summed E-state index contributed by atoms with van der Waals surface area (Å²) in [5, 5.41) is 10.2. The molecule has 0 aliphatic rings. The van der Waals surface area contributed by atoms with Gasteiger partial charge in [-0.2, -0.15) is 0 Å². The number of hydrogen-bond donors (Lipinski definition) is 4. The summed E-state index contributed by atoms with van der Waals surface area (Å²) in [5.74, 6) is 4.79. The lowest BCUT2D eigenvalue weighted by atomic mass is 10.0. The summed E-state index contributed by atoms with van der Waals surface area (Å²) in [7, 11) is 1.85. The van der Waals surface area contributed by atoms with E-state index in [4.69, 9.17) is 5.84 Å². The van der Waals surface area contributed by atoms with Crippen LogP contribution >= 0.6 is 0 Å². The summed E-state index contributed by atoms with van der Waals surface area (Å²) in [4.78, 5) is 12.1. The third-order valence-corrected chi connectivity index (χ3v) is 2.99. The number of nitrogens with one attached hydrogen (secondary N) is 2. The van der Waals surface area contributed by atoms with Gasteiger partial charge in [0.1, 0.15) is 12.1 Å². The van der Waals surface area contributed by atoms with Crippen LogP contribution in [0.1, 0.15) is 18.6 Å². The van der Waals surface area contributed by atoms with Gasteiger partial charge in [-0.1, -0.05) is 30.3 Å². The number of benzene rings is 1.